The Bertz CT molecular complexity index is 1240. The zero-order chi connectivity index (χ0) is 24.2. The molecule has 182 valence electrons. The monoisotopic (exact) mass is 469 g/mol. The van der Waals surface area contributed by atoms with Crippen LogP contribution in [0.2, 0.25) is 0 Å². The lowest BCUT2D eigenvalue weighted by molar-refractivity contribution is 0.291. The van der Waals surface area contributed by atoms with Gasteiger partial charge in [-0.05, 0) is 74.4 Å². The molecule has 1 saturated carbocycles. The van der Waals surface area contributed by atoms with Crippen LogP contribution in [0, 0.1) is 5.92 Å². The molecule has 3 N–H and O–H groups in total. The molecule has 1 fully saturated rings. The topological polar surface area (TPSA) is 78.0 Å². The Morgan fingerprint density at radius 2 is 1.69 bits per heavy atom. The third-order valence-electron chi connectivity index (χ3n) is 7.03. The summed E-state index contributed by atoms with van der Waals surface area (Å²) in [6, 6.07) is 19.0. The Labute approximate surface area is 207 Å². The number of para-hydroxylation sites is 1. The number of nitrogens with one attached hydrogen (secondary N) is 1. The van der Waals surface area contributed by atoms with E-state index in [1.165, 1.54) is 19.3 Å². The average Bonchev–Trinajstić information content (AvgIpc) is 3.26. The third kappa shape index (κ3) is 5.33. The van der Waals surface area contributed by atoms with Gasteiger partial charge in [0.1, 0.15) is 29.3 Å². The van der Waals surface area contributed by atoms with Crippen LogP contribution in [0.25, 0.3) is 22.2 Å². The highest BCUT2D eigenvalue weighted by molar-refractivity contribution is 6.00. The van der Waals surface area contributed by atoms with Crippen LogP contribution >= 0.6 is 0 Å². The van der Waals surface area contributed by atoms with Gasteiger partial charge in [-0.1, -0.05) is 44.2 Å². The number of hydrogen-bond acceptors (Lipinski definition) is 5. The van der Waals surface area contributed by atoms with Crippen LogP contribution in [0.1, 0.15) is 52.0 Å². The number of ether oxygens (including phenoxy) is 1. The highest BCUT2D eigenvalue weighted by Crippen LogP contribution is 2.38. The van der Waals surface area contributed by atoms with Crippen molar-refractivity contribution >= 4 is 16.9 Å². The first-order chi connectivity index (χ1) is 17.1. The molecule has 2 heterocycles. The minimum atomic E-state index is 0.421. The number of fused-ring (bicyclic) bond motifs is 1. The molecule has 35 heavy (non-hydrogen) atoms. The molecule has 0 unspecified atom stereocenters. The summed E-state index contributed by atoms with van der Waals surface area (Å²) in [4.78, 5) is 8.96. The maximum atomic E-state index is 6.37. The molecular formula is C29H35N5O. The predicted molar refractivity (Wildman–Crippen MR) is 143 cm³/mol. The minimum absolute atomic E-state index is 0.421. The first kappa shape index (κ1) is 23.4. The van der Waals surface area contributed by atoms with Gasteiger partial charge in [-0.15, -0.1) is 0 Å². The number of hydrogen-bond donors (Lipinski definition) is 2. The molecule has 6 heteroatoms. The summed E-state index contributed by atoms with van der Waals surface area (Å²) in [7, 11) is 0. The normalized spacial score (nSPS) is 18.3. The highest BCUT2D eigenvalue weighted by atomic mass is 16.5. The molecule has 0 aliphatic heterocycles. The van der Waals surface area contributed by atoms with E-state index >= 15 is 0 Å². The standard InChI is InChI=1S/C29H35N5O/c1-20(2)16-17-31-22-10-12-23(13-11-22)34-18-26(27-28(30)32-19-33-29(27)34)21-8-14-25(15-9-21)35-24-6-4-3-5-7-24/h3-9,14-15,18-20,22-23,31H,10-13,16-17H2,1-2H3,(H2,30,32,33). The van der Waals surface area contributed by atoms with Gasteiger partial charge in [0.15, 0.2) is 0 Å². The van der Waals surface area contributed by atoms with Crippen LogP contribution in [-0.2, 0) is 0 Å². The fourth-order valence-electron chi connectivity index (χ4n) is 5.07. The van der Waals surface area contributed by atoms with Gasteiger partial charge in [0.05, 0.1) is 5.39 Å². The largest absolute Gasteiger partial charge is 0.457 e. The molecule has 0 amide bonds. The van der Waals surface area contributed by atoms with Crippen LogP contribution in [0.4, 0.5) is 5.82 Å². The van der Waals surface area contributed by atoms with Crippen LogP contribution in [0.15, 0.2) is 67.1 Å². The number of aromatic nitrogens is 3. The van der Waals surface area contributed by atoms with Gasteiger partial charge in [-0.2, -0.15) is 0 Å². The Hall–Kier alpha value is -3.38. The van der Waals surface area contributed by atoms with E-state index in [4.69, 9.17) is 10.5 Å². The summed E-state index contributed by atoms with van der Waals surface area (Å²) < 4.78 is 8.31. The van der Waals surface area contributed by atoms with E-state index in [0.29, 0.717) is 17.9 Å². The van der Waals surface area contributed by atoms with E-state index in [1.807, 2.05) is 42.5 Å². The van der Waals surface area contributed by atoms with Gasteiger partial charge in [0.25, 0.3) is 0 Å². The number of benzene rings is 2. The van der Waals surface area contributed by atoms with Crippen molar-refractivity contribution in [3.63, 3.8) is 0 Å². The number of nitrogen functional groups attached to an aromatic ring is 1. The summed E-state index contributed by atoms with van der Waals surface area (Å²) in [5.41, 5.74) is 9.45. The van der Waals surface area contributed by atoms with Crippen LogP contribution in [-0.4, -0.2) is 27.1 Å². The first-order valence-electron chi connectivity index (χ1n) is 12.8. The quantitative estimate of drug-likeness (QED) is 0.304. The molecule has 2 aromatic carbocycles. The second-order valence-electron chi connectivity index (χ2n) is 9.99. The fourth-order valence-corrected chi connectivity index (χ4v) is 5.07. The molecular weight excluding hydrogens is 434 g/mol. The Morgan fingerprint density at radius 3 is 2.40 bits per heavy atom. The van der Waals surface area contributed by atoms with Crippen LogP contribution in [0.5, 0.6) is 11.5 Å². The number of anilines is 1. The van der Waals surface area contributed by atoms with Gasteiger partial charge in [0.2, 0.25) is 0 Å². The highest BCUT2D eigenvalue weighted by Gasteiger charge is 2.25. The molecule has 0 radical (unpaired) electrons. The smallest absolute Gasteiger partial charge is 0.146 e. The summed E-state index contributed by atoms with van der Waals surface area (Å²) in [5, 5.41) is 4.69. The zero-order valence-electron chi connectivity index (χ0n) is 20.7. The SMILES string of the molecule is CC(C)CCNC1CCC(n2cc(-c3ccc(Oc4ccccc4)cc3)c3c(N)ncnc32)CC1. The second-order valence-corrected chi connectivity index (χ2v) is 9.99. The molecule has 0 saturated heterocycles. The molecule has 6 nitrogen and oxygen atoms in total. The lowest BCUT2D eigenvalue weighted by Crippen LogP contribution is -2.34. The molecule has 5 rings (SSSR count). The molecule has 4 aromatic rings. The number of nitrogens with zero attached hydrogens (tertiary/aromatic N) is 3. The first-order valence-corrected chi connectivity index (χ1v) is 12.8. The van der Waals surface area contributed by atoms with Gasteiger partial charge in [0, 0.05) is 23.8 Å². The van der Waals surface area contributed by atoms with Crippen molar-refractivity contribution in [2.24, 2.45) is 5.92 Å². The van der Waals surface area contributed by atoms with E-state index in [0.717, 1.165) is 59.0 Å². The van der Waals surface area contributed by atoms with Crippen LogP contribution in [0.3, 0.4) is 0 Å². The molecule has 0 spiro atoms. The van der Waals surface area contributed by atoms with Crippen molar-refractivity contribution < 1.29 is 4.74 Å². The maximum Gasteiger partial charge on any atom is 0.146 e. The molecule has 2 aromatic heterocycles. The van der Waals surface area contributed by atoms with Gasteiger partial charge < -0.3 is 20.4 Å². The van der Waals surface area contributed by atoms with E-state index in [2.05, 4.69) is 52.0 Å². The second kappa shape index (κ2) is 10.5. The van der Waals surface area contributed by atoms with Crippen molar-refractivity contribution in [3.05, 3.63) is 67.1 Å². The fraction of sp³-hybridized carbons (Fsp3) is 0.379. The van der Waals surface area contributed by atoms with Crippen molar-refractivity contribution in [3.8, 4) is 22.6 Å². The number of rotatable bonds is 8. The molecule has 1 aliphatic rings. The van der Waals surface area contributed by atoms with Gasteiger partial charge >= 0.3 is 0 Å². The number of nitrogens with two attached hydrogens (primary N) is 1. The van der Waals surface area contributed by atoms with Crippen molar-refractivity contribution in [2.45, 2.75) is 58.0 Å². The van der Waals surface area contributed by atoms with E-state index in [9.17, 15) is 0 Å². The molecule has 1 aliphatic carbocycles. The molecule has 0 bridgehead atoms. The lowest BCUT2D eigenvalue weighted by atomic mass is 9.91. The lowest BCUT2D eigenvalue weighted by Gasteiger charge is -2.30. The summed E-state index contributed by atoms with van der Waals surface area (Å²) >= 11 is 0. The van der Waals surface area contributed by atoms with Crippen LogP contribution < -0.4 is 15.8 Å². The Morgan fingerprint density at radius 1 is 0.971 bits per heavy atom. The summed E-state index contributed by atoms with van der Waals surface area (Å²) in [5.74, 6) is 2.89. The van der Waals surface area contributed by atoms with E-state index in [1.54, 1.807) is 6.33 Å². The van der Waals surface area contributed by atoms with Crippen molar-refractivity contribution in [1.29, 1.82) is 0 Å². The van der Waals surface area contributed by atoms with Gasteiger partial charge in [-0.3, -0.25) is 0 Å². The molecule has 0 atom stereocenters. The maximum absolute atomic E-state index is 6.37. The Kier molecular flexibility index (Phi) is 7.00. The van der Waals surface area contributed by atoms with Gasteiger partial charge in [-0.25, -0.2) is 9.97 Å². The zero-order valence-corrected chi connectivity index (χ0v) is 20.7. The Balaban J connectivity index is 1.36. The predicted octanol–water partition coefficient (Wildman–Crippen LogP) is 6.59. The summed E-state index contributed by atoms with van der Waals surface area (Å²) in [6.07, 6.45) is 9.67. The summed E-state index contributed by atoms with van der Waals surface area (Å²) in [6.45, 7) is 5.67. The van der Waals surface area contributed by atoms with E-state index in [-0.39, 0.29) is 0 Å². The average molecular weight is 470 g/mol. The minimum Gasteiger partial charge on any atom is -0.457 e. The van der Waals surface area contributed by atoms with E-state index < -0.39 is 0 Å². The van der Waals surface area contributed by atoms with Crippen molar-refractivity contribution in [2.75, 3.05) is 12.3 Å². The third-order valence-corrected chi connectivity index (χ3v) is 7.03. The van der Waals surface area contributed by atoms with Crippen molar-refractivity contribution in [1.82, 2.24) is 19.9 Å².